The maximum Gasteiger partial charge on any atom is 0.328 e. The average molecular weight is 1450 g/mol. The molecule has 25 N–H and O–H groups in total. The molecule has 3 rings (SSSR count). The van der Waals surface area contributed by atoms with Crippen LogP contribution in [-0.2, 0) is 73.5 Å². The molecule has 36 nitrogen and oxygen atoms in total. The molecule has 0 bridgehead atoms. The van der Waals surface area contributed by atoms with Crippen molar-refractivity contribution in [1.29, 1.82) is 0 Å². The minimum absolute atomic E-state index is 0.00275. The standard InChI is InChI=1S/C62H100N18O18S2/c1-30(2)24-40(74-52(88)39(19-23-100-7)71-51(87)38(18-22-99-6)72-57(93)43(28-81)77-58(94)44(29-82)76-55(91)42(26-47(65)85)73-50(86)35(63)16-17-46(64)84)56(92)78-48(31(3)4)60(96)80-21-11-15-45(80)59(95)75-41(25-33-27-69-36-13-9-8-12-34(33)36)54(90)70-37(14-10-20-68-62(66)67)53(89)79-49(32(5)83)61(97)98/h8-9,12-13,27,30-32,35,37-45,48-49,69,81-83H,10-11,14-26,28-29,63H2,1-7H3,(H2,64,84)(H2,65,85)(H,70,90)(H,71,87)(H,72,93)(H,73,86)(H,74,88)(H,75,95)(H,76,91)(H,77,94)(H,78,92)(H,79,89)(H,97,98)(H4,66,67,68)/t32-,35+,37+,38+,39+,40+,41+,42+,43+,44+,45+,48+,49+/m1/s1. The third-order valence-corrected chi connectivity index (χ3v) is 17.2. The van der Waals surface area contributed by atoms with Crippen LogP contribution in [0.1, 0.15) is 104 Å². The molecule has 1 saturated heterocycles. The van der Waals surface area contributed by atoms with Crippen molar-refractivity contribution in [1.82, 2.24) is 63.1 Å². The van der Waals surface area contributed by atoms with Gasteiger partial charge in [-0.15, -0.1) is 0 Å². The number of aliphatic hydroxyl groups excluding tert-OH is 3. The summed E-state index contributed by atoms with van der Waals surface area (Å²) in [7, 11) is 0. The number of aliphatic hydroxyl groups is 3. The van der Waals surface area contributed by atoms with E-state index in [9.17, 15) is 87.5 Å². The molecule has 0 radical (unpaired) electrons. The number of benzene rings is 1. The van der Waals surface area contributed by atoms with E-state index in [0.29, 0.717) is 28.6 Å². The smallest absolute Gasteiger partial charge is 0.328 e. The minimum Gasteiger partial charge on any atom is -0.480 e. The van der Waals surface area contributed by atoms with E-state index in [1.165, 1.54) is 28.4 Å². The van der Waals surface area contributed by atoms with Gasteiger partial charge in [0.1, 0.15) is 60.4 Å². The van der Waals surface area contributed by atoms with Crippen LogP contribution in [0, 0.1) is 11.8 Å². The van der Waals surface area contributed by atoms with Gasteiger partial charge in [0, 0.05) is 43.0 Å². The van der Waals surface area contributed by atoms with Crippen molar-refractivity contribution in [3.63, 3.8) is 0 Å². The maximum atomic E-state index is 14.8. The number of nitrogens with two attached hydrogens (primary N) is 5. The number of carboxylic acids is 1. The second-order valence-corrected chi connectivity index (χ2v) is 26.8. The van der Waals surface area contributed by atoms with Gasteiger partial charge in [-0.25, -0.2) is 4.79 Å². The van der Waals surface area contributed by atoms with Gasteiger partial charge in [0.15, 0.2) is 12.0 Å². The molecule has 1 fully saturated rings. The largest absolute Gasteiger partial charge is 0.480 e. The lowest BCUT2D eigenvalue weighted by molar-refractivity contribution is -0.145. The van der Waals surface area contributed by atoms with Crippen molar-refractivity contribution in [3.8, 4) is 0 Å². The Balaban J connectivity index is 1.87. The van der Waals surface area contributed by atoms with E-state index in [-0.39, 0.29) is 88.5 Å². The molecule has 558 valence electrons. The summed E-state index contributed by atoms with van der Waals surface area (Å²) in [5, 5.41) is 65.8. The Morgan fingerprint density at radius 3 is 1.58 bits per heavy atom. The number of rotatable bonds is 45. The van der Waals surface area contributed by atoms with E-state index >= 15 is 0 Å². The number of aliphatic carboxylic acids is 1. The summed E-state index contributed by atoms with van der Waals surface area (Å²) in [5.74, 6) is -14.3. The Morgan fingerprint density at radius 1 is 0.600 bits per heavy atom. The first-order chi connectivity index (χ1) is 47.2. The molecule has 1 aliphatic rings. The lowest BCUT2D eigenvalue weighted by Gasteiger charge is -2.33. The minimum atomic E-state index is -1.87. The number of primary amides is 2. The number of fused-ring (bicyclic) bond motifs is 1. The summed E-state index contributed by atoms with van der Waals surface area (Å²) in [6, 6.07) is -10.9. The van der Waals surface area contributed by atoms with Gasteiger partial charge in [0.05, 0.1) is 31.8 Å². The predicted molar refractivity (Wildman–Crippen MR) is 370 cm³/mol. The molecule has 13 atom stereocenters. The normalized spacial score (nSPS) is 16.4. The van der Waals surface area contributed by atoms with E-state index < -0.39 is 187 Å². The number of hydrogen-bond donors (Lipinski definition) is 20. The third-order valence-electron chi connectivity index (χ3n) is 16.0. The van der Waals surface area contributed by atoms with E-state index in [4.69, 9.17) is 28.7 Å². The third kappa shape index (κ3) is 28.1. The fraction of sp³-hybridized carbons (Fsp3) is 0.629. The van der Waals surface area contributed by atoms with Gasteiger partial charge in [-0.2, -0.15) is 23.5 Å². The number of hydrogen-bond acceptors (Lipinski definition) is 21. The molecule has 0 unspecified atom stereocenters. The van der Waals surface area contributed by atoms with Crippen LogP contribution in [0.3, 0.4) is 0 Å². The summed E-state index contributed by atoms with van der Waals surface area (Å²) in [4.78, 5) is 198. The van der Waals surface area contributed by atoms with Crippen LogP contribution >= 0.6 is 23.5 Å². The molecule has 38 heteroatoms. The van der Waals surface area contributed by atoms with Gasteiger partial charge >= 0.3 is 5.97 Å². The summed E-state index contributed by atoms with van der Waals surface area (Å²) in [6.45, 7) is 5.89. The van der Waals surface area contributed by atoms with Crippen LogP contribution in [0.2, 0.25) is 0 Å². The first-order valence-corrected chi connectivity index (χ1v) is 35.3. The Labute approximate surface area is 587 Å². The molecule has 0 saturated carbocycles. The van der Waals surface area contributed by atoms with Gasteiger partial charge in [0.2, 0.25) is 76.8 Å². The van der Waals surface area contributed by atoms with Crippen molar-refractivity contribution in [2.45, 2.75) is 184 Å². The van der Waals surface area contributed by atoms with E-state index in [1.807, 2.05) is 0 Å². The van der Waals surface area contributed by atoms with Crippen LogP contribution < -0.4 is 81.8 Å². The first-order valence-electron chi connectivity index (χ1n) is 32.6. The number of likely N-dealkylation sites (tertiary alicyclic amines) is 1. The summed E-state index contributed by atoms with van der Waals surface area (Å²) < 4.78 is 0. The number of aromatic amines is 1. The van der Waals surface area contributed by atoms with Crippen molar-refractivity contribution in [2.75, 3.05) is 50.3 Å². The molecule has 2 heterocycles. The van der Waals surface area contributed by atoms with Crippen LogP contribution in [0.5, 0.6) is 0 Å². The fourth-order valence-electron chi connectivity index (χ4n) is 10.5. The zero-order valence-corrected chi connectivity index (χ0v) is 58.8. The van der Waals surface area contributed by atoms with Crippen molar-refractivity contribution >= 4 is 123 Å². The monoisotopic (exact) mass is 1450 g/mol. The number of aliphatic imine (C=N–C) groups is 1. The molecule has 1 aromatic heterocycles. The second kappa shape index (κ2) is 43.0. The number of aromatic nitrogens is 1. The number of carbonyl (C=O) groups excluding carboxylic acids is 13. The van der Waals surface area contributed by atoms with Crippen LogP contribution in [0.25, 0.3) is 10.9 Å². The Kier molecular flexibility index (Phi) is 36.7. The number of nitrogens with zero attached hydrogens (tertiary/aromatic N) is 2. The van der Waals surface area contributed by atoms with Crippen molar-refractivity contribution < 1.29 is 87.5 Å². The average Bonchev–Trinajstić information content (AvgIpc) is 1.58. The summed E-state index contributed by atoms with van der Waals surface area (Å²) in [6.07, 6.45) is 2.48. The number of H-pyrrole nitrogens is 1. The first kappa shape index (κ1) is 85.4. The van der Waals surface area contributed by atoms with Gasteiger partial charge in [-0.1, -0.05) is 45.9 Å². The Morgan fingerprint density at radius 2 is 1.08 bits per heavy atom. The lowest BCUT2D eigenvalue weighted by Crippen LogP contribution is -2.62. The van der Waals surface area contributed by atoms with E-state index in [2.05, 4.69) is 63.1 Å². The fourth-order valence-corrected chi connectivity index (χ4v) is 11.5. The Bertz CT molecular complexity index is 3190. The van der Waals surface area contributed by atoms with E-state index in [1.54, 1.807) is 70.7 Å². The SMILES string of the molecule is CSCC[C@H](NC(=O)[C@H](CO)NC(=O)[C@H](CO)NC(=O)[C@H](CC(N)=O)NC(=O)[C@@H](N)CCC(N)=O)C(=O)N[C@@H](CCSC)C(=O)N[C@@H](CC(C)C)C(=O)N[C@H](C(=O)N1CCC[C@H]1C(=O)N[C@@H](Cc1c[nH]c2ccccc12)C(=O)N[C@@H](CCCN=C(N)N)C(=O)N[C@H](C(=O)O)[C@@H](C)O)C(C)C. The molecule has 1 aromatic carbocycles. The number of nitrogens with one attached hydrogen (secondary N) is 11. The van der Waals surface area contributed by atoms with Crippen LogP contribution in [-0.4, -0.2) is 248 Å². The molecule has 0 aliphatic carbocycles. The highest BCUT2D eigenvalue weighted by molar-refractivity contribution is 7.98. The molecule has 100 heavy (non-hydrogen) atoms. The molecule has 2 aromatic rings. The molecular weight excluding hydrogens is 1350 g/mol. The molecule has 13 amide bonds. The number of amides is 13. The molecule has 0 spiro atoms. The summed E-state index contributed by atoms with van der Waals surface area (Å²) in [5.41, 5.74) is 28.4. The maximum absolute atomic E-state index is 14.8. The number of para-hydroxylation sites is 1. The van der Waals surface area contributed by atoms with Crippen LogP contribution in [0.4, 0.5) is 0 Å². The Hall–Kier alpha value is -8.85. The number of carboxylic acid groups (broad SMARTS) is 1. The predicted octanol–water partition coefficient (Wildman–Crippen LogP) is -6.27. The molecular formula is C62H100N18O18S2. The highest BCUT2D eigenvalue weighted by Crippen LogP contribution is 2.24. The van der Waals surface area contributed by atoms with Gasteiger partial charge in [-0.3, -0.25) is 67.3 Å². The van der Waals surface area contributed by atoms with Gasteiger partial charge in [0.25, 0.3) is 0 Å². The number of guanidine groups is 1. The summed E-state index contributed by atoms with van der Waals surface area (Å²) >= 11 is 2.61. The number of thioether (sulfide) groups is 2. The highest BCUT2D eigenvalue weighted by Gasteiger charge is 2.42. The van der Waals surface area contributed by atoms with Crippen LogP contribution in [0.15, 0.2) is 35.5 Å². The zero-order chi connectivity index (χ0) is 75.1. The quantitative estimate of drug-likeness (QED) is 0.0167. The van der Waals surface area contributed by atoms with Crippen molar-refractivity contribution in [3.05, 3.63) is 36.0 Å². The van der Waals surface area contributed by atoms with Gasteiger partial charge < -0.3 is 112 Å². The van der Waals surface area contributed by atoms with Gasteiger partial charge in [-0.05, 0) is 106 Å². The highest BCUT2D eigenvalue weighted by atomic mass is 32.2. The lowest BCUT2D eigenvalue weighted by atomic mass is 9.98. The zero-order valence-electron chi connectivity index (χ0n) is 57.2. The number of carbonyl (C=O) groups is 14. The van der Waals surface area contributed by atoms with E-state index in [0.717, 1.165) is 6.92 Å². The molecule has 1 aliphatic heterocycles. The van der Waals surface area contributed by atoms with Crippen molar-refractivity contribution in [2.24, 2.45) is 45.5 Å². The topological polar surface area (TPSA) is 602 Å². The second-order valence-electron chi connectivity index (χ2n) is 24.8.